The van der Waals surface area contributed by atoms with E-state index in [0.29, 0.717) is 18.8 Å². The molecule has 0 unspecified atom stereocenters. The number of ketones is 1. The van der Waals surface area contributed by atoms with Crippen molar-refractivity contribution in [3.8, 4) is 0 Å². The SMILES string of the molecule is CC(=O)CCCN1CCC(CC(N)=O)CC1. The van der Waals surface area contributed by atoms with Crippen molar-refractivity contribution >= 4 is 11.7 Å². The molecule has 1 rings (SSSR count). The molecule has 0 aliphatic carbocycles. The maximum Gasteiger partial charge on any atom is 0.217 e. The maximum atomic E-state index is 10.8. The molecule has 1 amide bonds. The molecule has 92 valence electrons. The van der Waals surface area contributed by atoms with E-state index in [1.807, 2.05) is 0 Å². The van der Waals surface area contributed by atoms with Crippen molar-refractivity contribution in [1.82, 2.24) is 4.90 Å². The lowest BCUT2D eigenvalue weighted by atomic mass is 9.93. The van der Waals surface area contributed by atoms with Crippen molar-refractivity contribution in [2.75, 3.05) is 19.6 Å². The Kier molecular flexibility index (Phi) is 5.46. The molecule has 0 aromatic rings. The predicted octanol–water partition coefficient (Wildman–Crippen LogP) is 0.943. The summed E-state index contributed by atoms with van der Waals surface area (Å²) in [6, 6.07) is 0. The number of carbonyl (C=O) groups excluding carboxylic acids is 2. The summed E-state index contributed by atoms with van der Waals surface area (Å²) in [6.07, 6.45) is 4.28. The normalized spacial score (nSPS) is 18.6. The third-order valence-electron chi connectivity index (χ3n) is 3.20. The second kappa shape index (κ2) is 6.63. The van der Waals surface area contributed by atoms with E-state index in [1.165, 1.54) is 0 Å². The van der Waals surface area contributed by atoms with Crippen LogP contribution in [0.4, 0.5) is 0 Å². The molecule has 1 aliphatic heterocycles. The zero-order valence-electron chi connectivity index (χ0n) is 10.1. The van der Waals surface area contributed by atoms with Crippen LogP contribution in [0.1, 0.15) is 39.0 Å². The van der Waals surface area contributed by atoms with Gasteiger partial charge in [-0.25, -0.2) is 0 Å². The minimum absolute atomic E-state index is 0.185. The van der Waals surface area contributed by atoms with Gasteiger partial charge < -0.3 is 15.4 Å². The fourth-order valence-electron chi connectivity index (χ4n) is 2.25. The van der Waals surface area contributed by atoms with Crippen molar-refractivity contribution in [2.24, 2.45) is 11.7 Å². The van der Waals surface area contributed by atoms with E-state index >= 15 is 0 Å². The molecule has 2 N–H and O–H groups in total. The smallest absolute Gasteiger partial charge is 0.217 e. The highest BCUT2D eigenvalue weighted by Crippen LogP contribution is 2.20. The van der Waals surface area contributed by atoms with Gasteiger partial charge in [0, 0.05) is 12.8 Å². The number of carbonyl (C=O) groups is 2. The number of rotatable bonds is 6. The Morgan fingerprint density at radius 2 is 1.94 bits per heavy atom. The van der Waals surface area contributed by atoms with Gasteiger partial charge in [-0.3, -0.25) is 4.79 Å². The molecule has 4 nitrogen and oxygen atoms in total. The van der Waals surface area contributed by atoms with Gasteiger partial charge in [0.05, 0.1) is 0 Å². The molecule has 0 radical (unpaired) electrons. The van der Waals surface area contributed by atoms with Crippen molar-refractivity contribution < 1.29 is 9.59 Å². The fourth-order valence-corrected chi connectivity index (χ4v) is 2.25. The van der Waals surface area contributed by atoms with Gasteiger partial charge in [0.1, 0.15) is 5.78 Å². The van der Waals surface area contributed by atoms with Gasteiger partial charge in [0.25, 0.3) is 0 Å². The zero-order chi connectivity index (χ0) is 12.0. The number of primary amides is 1. The third-order valence-corrected chi connectivity index (χ3v) is 3.20. The number of amides is 1. The fraction of sp³-hybridized carbons (Fsp3) is 0.833. The first-order chi connectivity index (χ1) is 7.58. The van der Waals surface area contributed by atoms with Gasteiger partial charge in [-0.05, 0) is 51.7 Å². The van der Waals surface area contributed by atoms with Gasteiger partial charge >= 0.3 is 0 Å². The van der Waals surface area contributed by atoms with Crippen LogP contribution in [0.5, 0.6) is 0 Å². The summed E-state index contributed by atoms with van der Waals surface area (Å²) in [5.74, 6) is 0.556. The molecular formula is C12H22N2O2. The third kappa shape index (κ3) is 5.26. The minimum Gasteiger partial charge on any atom is -0.370 e. The van der Waals surface area contributed by atoms with Crippen LogP contribution in [0.15, 0.2) is 0 Å². The Labute approximate surface area is 97.2 Å². The molecule has 4 heteroatoms. The lowest BCUT2D eigenvalue weighted by molar-refractivity contribution is -0.119. The average molecular weight is 226 g/mol. The molecule has 1 aliphatic rings. The van der Waals surface area contributed by atoms with Gasteiger partial charge in [0.2, 0.25) is 5.91 Å². The summed E-state index contributed by atoms with van der Waals surface area (Å²) in [7, 11) is 0. The van der Waals surface area contributed by atoms with Gasteiger partial charge in [-0.1, -0.05) is 0 Å². The van der Waals surface area contributed by atoms with Crippen molar-refractivity contribution in [2.45, 2.75) is 39.0 Å². The van der Waals surface area contributed by atoms with Crippen molar-refractivity contribution in [3.63, 3.8) is 0 Å². The largest absolute Gasteiger partial charge is 0.370 e. The van der Waals surface area contributed by atoms with E-state index < -0.39 is 0 Å². The first-order valence-corrected chi connectivity index (χ1v) is 6.08. The van der Waals surface area contributed by atoms with E-state index in [2.05, 4.69) is 4.90 Å². The highest BCUT2D eigenvalue weighted by atomic mass is 16.1. The molecule has 1 heterocycles. The number of likely N-dealkylation sites (tertiary alicyclic amines) is 1. The topological polar surface area (TPSA) is 63.4 Å². The zero-order valence-corrected chi connectivity index (χ0v) is 10.1. The monoisotopic (exact) mass is 226 g/mol. The standard InChI is InChI=1S/C12H22N2O2/c1-10(15)3-2-6-14-7-4-11(5-8-14)9-12(13)16/h11H,2-9H2,1H3,(H2,13,16). The molecule has 0 bridgehead atoms. The van der Waals surface area contributed by atoms with E-state index in [4.69, 9.17) is 5.73 Å². The Bertz CT molecular complexity index is 245. The molecule has 0 spiro atoms. The van der Waals surface area contributed by atoms with E-state index in [-0.39, 0.29) is 11.7 Å². The molecule has 0 saturated carbocycles. The number of Topliss-reactive ketones (excluding diaryl/α,β-unsaturated/α-hetero) is 1. The van der Waals surface area contributed by atoms with Crippen LogP contribution in [0, 0.1) is 5.92 Å². The Hall–Kier alpha value is -0.900. The van der Waals surface area contributed by atoms with Crippen molar-refractivity contribution in [1.29, 1.82) is 0 Å². The van der Waals surface area contributed by atoms with Crippen molar-refractivity contribution in [3.05, 3.63) is 0 Å². The summed E-state index contributed by atoms with van der Waals surface area (Å²) in [4.78, 5) is 23.9. The van der Waals surface area contributed by atoms with Crippen LogP contribution in [-0.4, -0.2) is 36.2 Å². The van der Waals surface area contributed by atoms with Crippen LogP contribution in [0.3, 0.4) is 0 Å². The van der Waals surface area contributed by atoms with Gasteiger partial charge in [0.15, 0.2) is 0 Å². The van der Waals surface area contributed by atoms with E-state index in [9.17, 15) is 9.59 Å². The highest BCUT2D eigenvalue weighted by molar-refractivity contribution is 5.75. The molecule has 1 saturated heterocycles. The van der Waals surface area contributed by atoms with Gasteiger partial charge in [-0.15, -0.1) is 0 Å². The predicted molar refractivity (Wildman–Crippen MR) is 62.9 cm³/mol. The molecular weight excluding hydrogens is 204 g/mol. The first-order valence-electron chi connectivity index (χ1n) is 6.08. The Balaban J connectivity index is 2.12. The number of nitrogens with zero attached hydrogens (tertiary/aromatic N) is 1. The molecule has 0 aromatic heterocycles. The Morgan fingerprint density at radius 3 is 2.44 bits per heavy atom. The summed E-state index contributed by atoms with van der Waals surface area (Å²) >= 11 is 0. The maximum absolute atomic E-state index is 10.8. The summed E-state index contributed by atoms with van der Waals surface area (Å²) in [5.41, 5.74) is 5.18. The average Bonchev–Trinajstić information content (AvgIpc) is 2.19. The Morgan fingerprint density at radius 1 is 1.31 bits per heavy atom. The highest BCUT2D eigenvalue weighted by Gasteiger charge is 2.20. The molecule has 0 atom stereocenters. The summed E-state index contributed by atoms with van der Waals surface area (Å²) < 4.78 is 0. The quantitative estimate of drug-likeness (QED) is 0.733. The molecule has 1 fully saturated rings. The lowest BCUT2D eigenvalue weighted by Gasteiger charge is -2.31. The molecule has 0 aromatic carbocycles. The van der Waals surface area contributed by atoms with Gasteiger partial charge in [-0.2, -0.15) is 0 Å². The second-order valence-corrected chi connectivity index (χ2v) is 4.76. The van der Waals surface area contributed by atoms with Crippen LogP contribution in [0.25, 0.3) is 0 Å². The van der Waals surface area contributed by atoms with Crippen LogP contribution < -0.4 is 5.73 Å². The number of piperidine rings is 1. The first kappa shape index (κ1) is 13.2. The van der Waals surface area contributed by atoms with Crippen LogP contribution in [-0.2, 0) is 9.59 Å². The number of nitrogens with two attached hydrogens (primary N) is 1. The van der Waals surface area contributed by atoms with Crippen LogP contribution >= 0.6 is 0 Å². The summed E-state index contributed by atoms with van der Waals surface area (Å²) in [5, 5.41) is 0. The van der Waals surface area contributed by atoms with E-state index in [0.717, 1.165) is 38.9 Å². The summed E-state index contributed by atoms with van der Waals surface area (Å²) in [6.45, 7) is 4.72. The molecule has 16 heavy (non-hydrogen) atoms. The number of hydrogen-bond donors (Lipinski definition) is 1. The second-order valence-electron chi connectivity index (χ2n) is 4.76. The lowest BCUT2D eigenvalue weighted by Crippen LogP contribution is -2.35. The number of hydrogen-bond acceptors (Lipinski definition) is 3. The minimum atomic E-state index is -0.185. The van der Waals surface area contributed by atoms with Crippen LogP contribution in [0.2, 0.25) is 0 Å². The van der Waals surface area contributed by atoms with E-state index in [1.54, 1.807) is 6.92 Å².